The van der Waals surface area contributed by atoms with E-state index in [1.54, 1.807) is 30.3 Å². The van der Waals surface area contributed by atoms with Crippen molar-refractivity contribution in [2.45, 2.75) is 19.4 Å². The van der Waals surface area contributed by atoms with E-state index in [9.17, 15) is 14.0 Å². The highest BCUT2D eigenvalue weighted by Gasteiger charge is 2.08. The van der Waals surface area contributed by atoms with E-state index in [2.05, 4.69) is 5.32 Å². The van der Waals surface area contributed by atoms with Crippen molar-refractivity contribution in [1.29, 1.82) is 0 Å². The molecule has 0 unspecified atom stereocenters. The third-order valence-electron chi connectivity index (χ3n) is 3.57. The number of nitrogens with one attached hydrogen (secondary N) is 1. The summed E-state index contributed by atoms with van der Waals surface area (Å²) < 4.78 is 24.9. The number of rotatable bonds is 9. The summed E-state index contributed by atoms with van der Waals surface area (Å²) in [7, 11) is 1.53. The van der Waals surface area contributed by atoms with Gasteiger partial charge in [0.05, 0.1) is 0 Å². The Bertz CT molecular complexity index is 778. The summed E-state index contributed by atoms with van der Waals surface area (Å²) in [6, 6.07) is 11.4. The van der Waals surface area contributed by atoms with Crippen LogP contribution in [0, 0.1) is 5.82 Å². The summed E-state index contributed by atoms with van der Waals surface area (Å²) in [5.74, 6) is -1.11. The molecule has 7 heteroatoms. The summed E-state index contributed by atoms with van der Waals surface area (Å²) in [5.41, 5.74) is 1.36. The molecule has 0 saturated heterocycles. The molecule has 1 amide bonds. The van der Waals surface area contributed by atoms with E-state index >= 15 is 0 Å². The molecular weight excluding hydrogens is 341 g/mol. The number of halogens is 1. The lowest BCUT2D eigenvalue weighted by molar-refractivity contribution is -0.137. The predicted molar refractivity (Wildman–Crippen MR) is 92.7 cm³/mol. The molecule has 0 aliphatic carbocycles. The van der Waals surface area contributed by atoms with Gasteiger partial charge in [-0.1, -0.05) is 18.2 Å². The van der Waals surface area contributed by atoms with Gasteiger partial charge in [-0.05, 0) is 41.8 Å². The van der Waals surface area contributed by atoms with E-state index in [-0.39, 0.29) is 37.7 Å². The van der Waals surface area contributed by atoms with Gasteiger partial charge < -0.3 is 19.9 Å². The summed E-state index contributed by atoms with van der Waals surface area (Å²) in [6.45, 7) is 0.0375. The average molecular weight is 361 g/mol. The molecule has 0 heterocycles. The van der Waals surface area contributed by atoms with E-state index in [0.717, 1.165) is 5.56 Å². The van der Waals surface area contributed by atoms with Gasteiger partial charge in [0.25, 0.3) is 5.91 Å². The second-order valence-electron chi connectivity index (χ2n) is 5.56. The van der Waals surface area contributed by atoms with Crippen molar-refractivity contribution in [2.75, 3.05) is 13.7 Å². The minimum atomic E-state index is -0.927. The maximum atomic E-state index is 14.1. The fourth-order valence-corrected chi connectivity index (χ4v) is 2.18. The van der Waals surface area contributed by atoms with E-state index in [1.165, 1.54) is 19.2 Å². The van der Waals surface area contributed by atoms with Crippen LogP contribution in [0.2, 0.25) is 0 Å². The van der Waals surface area contributed by atoms with Crippen molar-refractivity contribution < 1.29 is 28.6 Å². The Morgan fingerprint density at radius 2 is 1.92 bits per heavy atom. The molecule has 2 rings (SSSR count). The molecule has 0 fully saturated rings. The van der Waals surface area contributed by atoms with Gasteiger partial charge >= 0.3 is 5.97 Å². The number of carbonyl (C=O) groups excluding carboxylic acids is 1. The van der Waals surface area contributed by atoms with Gasteiger partial charge in [0.2, 0.25) is 0 Å². The Labute approximate surface area is 150 Å². The van der Waals surface area contributed by atoms with Crippen LogP contribution >= 0.6 is 0 Å². The second-order valence-corrected chi connectivity index (χ2v) is 5.56. The highest BCUT2D eigenvalue weighted by Crippen LogP contribution is 2.21. The lowest BCUT2D eigenvalue weighted by Crippen LogP contribution is -2.24. The number of carbonyl (C=O) groups is 2. The van der Waals surface area contributed by atoms with Gasteiger partial charge in [-0.2, -0.15) is 0 Å². The molecule has 2 N–H and O–H groups in total. The van der Waals surface area contributed by atoms with Crippen LogP contribution in [-0.2, 0) is 22.6 Å². The highest BCUT2D eigenvalue weighted by atomic mass is 19.1. The molecule has 0 aromatic heterocycles. The normalized spacial score (nSPS) is 10.2. The minimum Gasteiger partial charge on any atom is -0.486 e. The number of hydrogen-bond donors (Lipinski definition) is 2. The number of aryl methyl sites for hydroxylation is 1. The molecule has 0 aliphatic rings. The number of aliphatic carboxylic acids is 1. The zero-order chi connectivity index (χ0) is 18.9. The number of ether oxygens (including phenoxy) is 2. The van der Waals surface area contributed by atoms with Gasteiger partial charge in [0.1, 0.15) is 12.4 Å². The van der Waals surface area contributed by atoms with Crippen LogP contribution in [0.25, 0.3) is 0 Å². The maximum Gasteiger partial charge on any atom is 0.303 e. The first kappa shape index (κ1) is 19.2. The quantitative estimate of drug-likeness (QED) is 0.717. The van der Waals surface area contributed by atoms with Crippen LogP contribution in [0.15, 0.2) is 42.5 Å². The topological polar surface area (TPSA) is 84.9 Å². The molecule has 0 atom stereocenters. The number of benzene rings is 2. The Hall–Kier alpha value is -3.09. The van der Waals surface area contributed by atoms with Crippen LogP contribution in [-0.4, -0.2) is 30.6 Å². The lowest BCUT2D eigenvalue weighted by atomic mass is 10.1. The number of amides is 1. The van der Waals surface area contributed by atoms with Crippen LogP contribution in [0.1, 0.15) is 17.5 Å². The average Bonchev–Trinajstić information content (AvgIpc) is 2.64. The predicted octanol–water partition coefficient (Wildman–Crippen LogP) is 2.55. The first-order valence-corrected chi connectivity index (χ1v) is 8.03. The number of likely N-dealkylation sites (N-methyl/N-ethyl adjacent to an activating group) is 1. The molecule has 2 aromatic rings. The second kappa shape index (κ2) is 9.41. The molecule has 0 radical (unpaired) electrons. The third kappa shape index (κ3) is 6.08. The summed E-state index contributed by atoms with van der Waals surface area (Å²) in [4.78, 5) is 21.8. The standard InChI is InChI=1S/C19H20FNO5/c1-21-18(22)12-25-15-4-2-3-14(9-15)11-26-17-7-5-13(10-16(17)20)6-8-19(23)24/h2-5,7,9-10H,6,8,11-12H2,1H3,(H,21,22)(H,23,24). The fraction of sp³-hybridized carbons (Fsp3) is 0.263. The van der Waals surface area contributed by atoms with Crippen molar-refractivity contribution in [2.24, 2.45) is 0 Å². The molecule has 138 valence electrons. The molecule has 2 aromatic carbocycles. The Kier molecular flexibility index (Phi) is 6.96. The largest absolute Gasteiger partial charge is 0.486 e. The van der Waals surface area contributed by atoms with Gasteiger partial charge in [-0.15, -0.1) is 0 Å². The summed E-state index contributed by atoms with van der Waals surface area (Å²) in [5, 5.41) is 11.1. The number of carboxylic acid groups (broad SMARTS) is 1. The molecule has 0 bridgehead atoms. The van der Waals surface area contributed by atoms with Gasteiger partial charge in [-0.3, -0.25) is 9.59 Å². The van der Waals surface area contributed by atoms with Gasteiger partial charge in [0.15, 0.2) is 18.2 Å². The first-order valence-electron chi connectivity index (χ1n) is 8.03. The first-order chi connectivity index (χ1) is 12.5. The molecule has 0 saturated carbocycles. The SMILES string of the molecule is CNC(=O)COc1cccc(COc2ccc(CCC(=O)O)cc2F)c1. The molecule has 26 heavy (non-hydrogen) atoms. The van der Waals surface area contributed by atoms with Crippen molar-refractivity contribution >= 4 is 11.9 Å². The highest BCUT2D eigenvalue weighted by molar-refractivity contribution is 5.77. The zero-order valence-corrected chi connectivity index (χ0v) is 14.3. The van der Waals surface area contributed by atoms with Crippen LogP contribution < -0.4 is 14.8 Å². The van der Waals surface area contributed by atoms with Gasteiger partial charge in [0, 0.05) is 13.5 Å². The molecular formula is C19H20FNO5. The number of carboxylic acids is 1. The van der Waals surface area contributed by atoms with Crippen molar-refractivity contribution in [3.63, 3.8) is 0 Å². The van der Waals surface area contributed by atoms with E-state index in [1.807, 2.05) is 0 Å². The van der Waals surface area contributed by atoms with E-state index in [0.29, 0.717) is 11.3 Å². The molecule has 6 nitrogen and oxygen atoms in total. The van der Waals surface area contributed by atoms with E-state index < -0.39 is 11.8 Å². The van der Waals surface area contributed by atoms with E-state index in [4.69, 9.17) is 14.6 Å². The van der Waals surface area contributed by atoms with Crippen molar-refractivity contribution in [3.8, 4) is 11.5 Å². The Morgan fingerprint density at radius 3 is 2.62 bits per heavy atom. The Balaban J connectivity index is 1.93. The molecule has 0 aliphatic heterocycles. The van der Waals surface area contributed by atoms with Crippen molar-refractivity contribution in [1.82, 2.24) is 5.32 Å². The summed E-state index contributed by atoms with van der Waals surface area (Å²) in [6.07, 6.45) is 0.208. The maximum absolute atomic E-state index is 14.1. The van der Waals surface area contributed by atoms with Gasteiger partial charge in [-0.25, -0.2) is 4.39 Å². The fourth-order valence-electron chi connectivity index (χ4n) is 2.18. The third-order valence-corrected chi connectivity index (χ3v) is 3.57. The van der Waals surface area contributed by atoms with Crippen LogP contribution in [0.3, 0.4) is 0 Å². The minimum absolute atomic E-state index is 0.0531. The number of hydrogen-bond acceptors (Lipinski definition) is 4. The monoisotopic (exact) mass is 361 g/mol. The molecule has 0 spiro atoms. The summed E-state index contributed by atoms with van der Waals surface area (Å²) >= 11 is 0. The van der Waals surface area contributed by atoms with Crippen molar-refractivity contribution in [3.05, 3.63) is 59.4 Å². The zero-order valence-electron chi connectivity index (χ0n) is 14.3. The smallest absolute Gasteiger partial charge is 0.303 e. The Morgan fingerprint density at radius 1 is 1.12 bits per heavy atom. The van der Waals surface area contributed by atoms with Crippen LogP contribution in [0.5, 0.6) is 11.5 Å². The van der Waals surface area contributed by atoms with Crippen LogP contribution in [0.4, 0.5) is 4.39 Å². The lowest BCUT2D eigenvalue weighted by Gasteiger charge is -2.10.